The van der Waals surface area contributed by atoms with E-state index in [0.717, 1.165) is 13.0 Å². The predicted molar refractivity (Wildman–Crippen MR) is 58.1 cm³/mol. The SMILES string of the molecule is C=C(C)C(=O)OCCC(C)CN(C)C. The zero-order valence-corrected chi connectivity index (χ0v) is 9.67. The van der Waals surface area contributed by atoms with E-state index in [1.807, 2.05) is 14.1 Å². The van der Waals surface area contributed by atoms with Gasteiger partial charge in [-0.2, -0.15) is 0 Å². The molecule has 0 aliphatic carbocycles. The molecule has 0 aliphatic rings. The van der Waals surface area contributed by atoms with E-state index in [0.29, 0.717) is 18.1 Å². The molecule has 0 saturated carbocycles. The Hall–Kier alpha value is -0.830. The maximum atomic E-state index is 11.0. The molecule has 0 heterocycles. The molecule has 0 aromatic rings. The highest BCUT2D eigenvalue weighted by molar-refractivity contribution is 5.86. The average molecular weight is 199 g/mol. The molecule has 1 unspecified atom stereocenters. The Bertz CT molecular complexity index is 199. The lowest BCUT2D eigenvalue weighted by molar-refractivity contribution is -0.139. The van der Waals surface area contributed by atoms with Gasteiger partial charge in [0.2, 0.25) is 0 Å². The fraction of sp³-hybridized carbons (Fsp3) is 0.727. The molecule has 0 fully saturated rings. The first-order chi connectivity index (χ1) is 6.43. The summed E-state index contributed by atoms with van der Waals surface area (Å²) < 4.78 is 5.00. The molecule has 0 radical (unpaired) electrons. The number of carbonyl (C=O) groups is 1. The minimum absolute atomic E-state index is 0.290. The molecule has 82 valence electrons. The van der Waals surface area contributed by atoms with Crippen LogP contribution in [0.4, 0.5) is 0 Å². The van der Waals surface area contributed by atoms with E-state index in [9.17, 15) is 4.79 Å². The summed E-state index contributed by atoms with van der Waals surface area (Å²) in [7, 11) is 4.08. The fourth-order valence-corrected chi connectivity index (χ4v) is 1.19. The van der Waals surface area contributed by atoms with Crippen molar-refractivity contribution in [2.75, 3.05) is 27.2 Å². The number of ether oxygens (including phenoxy) is 1. The molecule has 0 aromatic carbocycles. The summed E-state index contributed by atoms with van der Waals surface area (Å²) in [6, 6.07) is 0. The van der Waals surface area contributed by atoms with E-state index in [1.54, 1.807) is 6.92 Å². The van der Waals surface area contributed by atoms with Gasteiger partial charge in [0.05, 0.1) is 6.61 Å². The number of hydrogen-bond donors (Lipinski definition) is 0. The van der Waals surface area contributed by atoms with Gasteiger partial charge in [-0.25, -0.2) is 4.79 Å². The zero-order valence-electron chi connectivity index (χ0n) is 9.67. The molecule has 0 spiro atoms. The maximum Gasteiger partial charge on any atom is 0.333 e. The highest BCUT2D eigenvalue weighted by Crippen LogP contribution is 2.04. The number of hydrogen-bond acceptors (Lipinski definition) is 3. The van der Waals surface area contributed by atoms with Crippen molar-refractivity contribution in [1.29, 1.82) is 0 Å². The molecule has 3 heteroatoms. The molecule has 0 aromatic heterocycles. The molecule has 0 rings (SSSR count). The molecule has 0 saturated heterocycles. The molecule has 0 amide bonds. The van der Waals surface area contributed by atoms with Crippen LogP contribution in [0, 0.1) is 5.92 Å². The molecule has 3 nitrogen and oxygen atoms in total. The highest BCUT2D eigenvalue weighted by atomic mass is 16.5. The number of nitrogens with zero attached hydrogens (tertiary/aromatic N) is 1. The lowest BCUT2D eigenvalue weighted by Crippen LogP contribution is -2.21. The van der Waals surface area contributed by atoms with Crippen LogP contribution in [0.25, 0.3) is 0 Å². The zero-order chi connectivity index (χ0) is 11.1. The second kappa shape index (κ2) is 6.60. The summed E-state index contributed by atoms with van der Waals surface area (Å²) in [6.45, 7) is 8.83. The van der Waals surface area contributed by atoms with Crippen molar-refractivity contribution in [3.05, 3.63) is 12.2 Å². The summed E-state index contributed by atoms with van der Waals surface area (Å²) in [5.41, 5.74) is 0.463. The van der Waals surface area contributed by atoms with Crippen molar-refractivity contribution in [3.8, 4) is 0 Å². The topological polar surface area (TPSA) is 29.5 Å². The van der Waals surface area contributed by atoms with Gasteiger partial charge in [-0.3, -0.25) is 0 Å². The maximum absolute atomic E-state index is 11.0. The van der Waals surface area contributed by atoms with E-state index in [1.165, 1.54) is 0 Å². The van der Waals surface area contributed by atoms with Gasteiger partial charge in [-0.15, -0.1) is 0 Å². The van der Waals surface area contributed by atoms with Gasteiger partial charge < -0.3 is 9.64 Å². The Morgan fingerprint density at radius 2 is 2.07 bits per heavy atom. The average Bonchev–Trinajstić information content (AvgIpc) is 2.02. The molecule has 0 aliphatic heterocycles. The van der Waals surface area contributed by atoms with Gasteiger partial charge in [0.1, 0.15) is 0 Å². The molecule has 0 N–H and O–H groups in total. The van der Waals surface area contributed by atoms with Gasteiger partial charge >= 0.3 is 5.97 Å². The van der Waals surface area contributed by atoms with Gasteiger partial charge in [-0.05, 0) is 33.4 Å². The third-order valence-corrected chi connectivity index (χ3v) is 1.87. The standard InChI is InChI=1S/C11H21NO2/c1-9(2)11(13)14-7-6-10(3)8-12(4)5/h10H,1,6-8H2,2-5H3. The minimum Gasteiger partial charge on any atom is -0.462 e. The Kier molecular flexibility index (Phi) is 6.21. The third kappa shape index (κ3) is 6.66. The van der Waals surface area contributed by atoms with Crippen LogP contribution in [0.15, 0.2) is 12.2 Å². The van der Waals surface area contributed by atoms with E-state index in [4.69, 9.17) is 4.74 Å². The van der Waals surface area contributed by atoms with Crippen LogP contribution in [0.1, 0.15) is 20.3 Å². The van der Waals surface area contributed by atoms with Crippen LogP contribution < -0.4 is 0 Å². The van der Waals surface area contributed by atoms with E-state index in [2.05, 4.69) is 18.4 Å². The lowest BCUT2D eigenvalue weighted by Gasteiger charge is -2.16. The largest absolute Gasteiger partial charge is 0.462 e. The van der Waals surface area contributed by atoms with E-state index >= 15 is 0 Å². The summed E-state index contributed by atoms with van der Waals surface area (Å²) >= 11 is 0. The van der Waals surface area contributed by atoms with Crippen molar-refractivity contribution < 1.29 is 9.53 Å². The number of rotatable bonds is 6. The Labute approximate surface area is 86.7 Å². The fourth-order valence-electron chi connectivity index (χ4n) is 1.19. The summed E-state index contributed by atoms with van der Waals surface area (Å²) in [6.07, 6.45) is 0.900. The monoisotopic (exact) mass is 199 g/mol. The quantitative estimate of drug-likeness (QED) is 0.481. The van der Waals surface area contributed by atoms with E-state index in [-0.39, 0.29) is 5.97 Å². The first-order valence-electron chi connectivity index (χ1n) is 4.90. The Balaban J connectivity index is 3.54. The molecular weight excluding hydrogens is 178 g/mol. The molecule has 1 atom stereocenters. The number of esters is 1. The highest BCUT2D eigenvalue weighted by Gasteiger charge is 2.06. The second-order valence-electron chi connectivity index (χ2n) is 4.07. The summed E-state index contributed by atoms with van der Waals surface area (Å²) in [4.78, 5) is 13.1. The van der Waals surface area contributed by atoms with Gasteiger partial charge in [0, 0.05) is 12.1 Å². The van der Waals surface area contributed by atoms with Gasteiger partial charge in [0.15, 0.2) is 0 Å². The summed E-state index contributed by atoms with van der Waals surface area (Å²) in [5, 5.41) is 0. The van der Waals surface area contributed by atoms with Gasteiger partial charge in [0.25, 0.3) is 0 Å². The minimum atomic E-state index is -0.290. The van der Waals surface area contributed by atoms with Gasteiger partial charge in [-0.1, -0.05) is 13.5 Å². The smallest absolute Gasteiger partial charge is 0.333 e. The van der Waals surface area contributed by atoms with Crippen LogP contribution in [0.5, 0.6) is 0 Å². The lowest BCUT2D eigenvalue weighted by atomic mass is 10.1. The van der Waals surface area contributed by atoms with E-state index < -0.39 is 0 Å². The Morgan fingerprint density at radius 1 is 1.50 bits per heavy atom. The van der Waals surface area contributed by atoms with Crippen LogP contribution in [-0.4, -0.2) is 38.1 Å². The summed E-state index contributed by atoms with van der Waals surface area (Å²) in [5.74, 6) is 0.255. The number of carbonyl (C=O) groups excluding carboxylic acids is 1. The third-order valence-electron chi connectivity index (χ3n) is 1.87. The first-order valence-corrected chi connectivity index (χ1v) is 4.90. The molecular formula is C11H21NO2. The first kappa shape index (κ1) is 13.2. The van der Waals surface area contributed by atoms with Crippen LogP contribution in [0.2, 0.25) is 0 Å². The molecule has 14 heavy (non-hydrogen) atoms. The predicted octanol–water partition coefficient (Wildman–Crippen LogP) is 1.69. The Morgan fingerprint density at radius 3 is 2.50 bits per heavy atom. The van der Waals surface area contributed by atoms with Crippen molar-refractivity contribution in [2.24, 2.45) is 5.92 Å². The van der Waals surface area contributed by atoms with Crippen molar-refractivity contribution >= 4 is 5.97 Å². The molecule has 0 bridgehead atoms. The van der Waals surface area contributed by atoms with Crippen molar-refractivity contribution in [2.45, 2.75) is 20.3 Å². The van der Waals surface area contributed by atoms with Crippen molar-refractivity contribution in [3.63, 3.8) is 0 Å². The van der Waals surface area contributed by atoms with Crippen LogP contribution in [0.3, 0.4) is 0 Å². The second-order valence-corrected chi connectivity index (χ2v) is 4.07. The van der Waals surface area contributed by atoms with Crippen LogP contribution >= 0.6 is 0 Å². The normalized spacial score (nSPS) is 12.6. The van der Waals surface area contributed by atoms with Crippen LogP contribution in [-0.2, 0) is 9.53 Å². The van der Waals surface area contributed by atoms with Crippen molar-refractivity contribution in [1.82, 2.24) is 4.90 Å².